The second-order valence-corrected chi connectivity index (χ2v) is 7.44. The molecule has 2 saturated heterocycles. The molecule has 4 rings (SSSR count). The van der Waals surface area contributed by atoms with Crippen molar-refractivity contribution in [1.29, 1.82) is 0 Å². The van der Waals surface area contributed by atoms with Gasteiger partial charge in [0.05, 0.1) is 11.4 Å². The van der Waals surface area contributed by atoms with Crippen LogP contribution in [0.25, 0.3) is 5.65 Å². The van der Waals surface area contributed by atoms with Gasteiger partial charge in [-0.2, -0.15) is 9.61 Å². The van der Waals surface area contributed by atoms with Crippen molar-refractivity contribution >= 4 is 11.3 Å². The molecular weight excluding hydrogens is 302 g/mol. The van der Waals surface area contributed by atoms with Crippen LogP contribution in [0.4, 0.5) is 5.69 Å². The number of fused-ring (bicyclic) bond motifs is 1. The van der Waals surface area contributed by atoms with Gasteiger partial charge in [0.2, 0.25) is 5.65 Å². The predicted molar refractivity (Wildman–Crippen MR) is 94.6 cm³/mol. The van der Waals surface area contributed by atoms with E-state index in [-0.39, 0.29) is 0 Å². The van der Waals surface area contributed by atoms with E-state index in [1.165, 1.54) is 38.3 Å². The van der Waals surface area contributed by atoms with Gasteiger partial charge in [-0.3, -0.25) is 4.90 Å². The lowest BCUT2D eigenvalue weighted by molar-refractivity contribution is 0.120. The third-order valence-corrected chi connectivity index (χ3v) is 5.42. The highest BCUT2D eigenvalue weighted by Gasteiger charge is 2.31. The molecule has 0 saturated carbocycles. The van der Waals surface area contributed by atoms with Crippen LogP contribution in [0.5, 0.6) is 0 Å². The van der Waals surface area contributed by atoms with Crippen LogP contribution < -0.4 is 4.90 Å². The molecule has 0 amide bonds. The van der Waals surface area contributed by atoms with Crippen molar-refractivity contribution in [3.63, 3.8) is 0 Å². The first kappa shape index (κ1) is 15.8. The SMILES string of the molecule is CC(C)c1cc(N2CCC(N3CCN(C)CC3)C2)c2nncn2n1. The van der Waals surface area contributed by atoms with Gasteiger partial charge in [0.1, 0.15) is 6.33 Å². The average molecular weight is 329 g/mol. The minimum atomic E-state index is 0.395. The predicted octanol–water partition coefficient (Wildman–Crippen LogP) is 1.07. The molecule has 1 unspecified atom stereocenters. The maximum Gasteiger partial charge on any atom is 0.200 e. The van der Waals surface area contributed by atoms with Gasteiger partial charge < -0.3 is 9.80 Å². The van der Waals surface area contributed by atoms with Gasteiger partial charge in [-0.25, -0.2) is 0 Å². The highest BCUT2D eigenvalue weighted by atomic mass is 15.4. The minimum Gasteiger partial charge on any atom is -0.367 e. The van der Waals surface area contributed by atoms with Gasteiger partial charge in [-0.05, 0) is 25.5 Å². The first-order valence-electron chi connectivity index (χ1n) is 9.00. The number of likely N-dealkylation sites (N-methyl/N-ethyl adjacent to an activating group) is 1. The lowest BCUT2D eigenvalue weighted by Gasteiger charge is -2.36. The van der Waals surface area contributed by atoms with Crippen LogP contribution in [0.2, 0.25) is 0 Å². The molecule has 2 aliphatic heterocycles. The van der Waals surface area contributed by atoms with Gasteiger partial charge in [0, 0.05) is 45.3 Å². The van der Waals surface area contributed by atoms with Crippen molar-refractivity contribution in [2.75, 3.05) is 51.2 Å². The third-order valence-electron chi connectivity index (χ3n) is 5.42. The van der Waals surface area contributed by atoms with E-state index >= 15 is 0 Å². The van der Waals surface area contributed by atoms with Crippen LogP contribution in [0.15, 0.2) is 12.4 Å². The molecule has 2 aliphatic rings. The van der Waals surface area contributed by atoms with Crippen LogP contribution in [-0.2, 0) is 0 Å². The summed E-state index contributed by atoms with van der Waals surface area (Å²) in [6.07, 6.45) is 2.93. The van der Waals surface area contributed by atoms with Crippen molar-refractivity contribution in [3.8, 4) is 0 Å². The molecule has 0 spiro atoms. The summed E-state index contributed by atoms with van der Waals surface area (Å²) >= 11 is 0. The van der Waals surface area contributed by atoms with Gasteiger partial charge in [0.15, 0.2) is 0 Å². The Morgan fingerprint density at radius 1 is 1.12 bits per heavy atom. The van der Waals surface area contributed by atoms with Crippen molar-refractivity contribution in [1.82, 2.24) is 29.6 Å². The van der Waals surface area contributed by atoms with Crippen LogP contribution >= 0.6 is 0 Å². The second-order valence-electron chi connectivity index (χ2n) is 7.44. The lowest BCUT2D eigenvalue weighted by atomic mass is 10.1. The Labute approximate surface area is 143 Å². The fourth-order valence-corrected chi connectivity index (χ4v) is 3.79. The van der Waals surface area contributed by atoms with Crippen LogP contribution in [0, 0.1) is 0 Å². The Morgan fingerprint density at radius 2 is 1.92 bits per heavy atom. The number of rotatable bonds is 3. The number of anilines is 1. The smallest absolute Gasteiger partial charge is 0.200 e. The van der Waals surface area contributed by atoms with Crippen molar-refractivity contribution < 1.29 is 0 Å². The maximum atomic E-state index is 4.63. The fraction of sp³-hybridized carbons (Fsp3) is 0.706. The molecule has 0 aromatic carbocycles. The number of hydrogen-bond acceptors (Lipinski definition) is 6. The van der Waals surface area contributed by atoms with E-state index in [2.05, 4.69) is 57.0 Å². The largest absolute Gasteiger partial charge is 0.367 e. The number of hydrogen-bond donors (Lipinski definition) is 0. The van der Waals surface area contributed by atoms with Gasteiger partial charge in [-0.1, -0.05) is 13.8 Å². The fourth-order valence-electron chi connectivity index (χ4n) is 3.79. The van der Waals surface area contributed by atoms with Crippen molar-refractivity contribution in [3.05, 3.63) is 18.1 Å². The Morgan fingerprint density at radius 3 is 2.67 bits per heavy atom. The number of nitrogens with zero attached hydrogens (tertiary/aromatic N) is 7. The summed E-state index contributed by atoms with van der Waals surface area (Å²) in [5.41, 5.74) is 3.15. The monoisotopic (exact) mass is 329 g/mol. The standard InChI is InChI=1S/C17H27N7/c1-13(2)15-10-16(17-19-18-12-24(17)20-15)23-5-4-14(11-23)22-8-6-21(3)7-9-22/h10,12-14H,4-9,11H2,1-3H3. The molecule has 0 bridgehead atoms. The van der Waals surface area contributed by atoms with E-state index in [0.717, 1.165) is 24.4 Å². The van der Waals surface area contributed by atoms with E-state index in [9.17, 15) is 0 Å². The maximum absolute atomic E-state index is 4.63. The minimum absolute atomic E-state index is 0.395. The molecule has 2 aromatic heterocycles. The molecular formula is C17H27N7. The molecule has 7 heteroatoms. The van der Waals surface area contributed by atoms with Crippen LogP contribution in [0.3, 0.4) is 0 Å². The van der Waals surface area contributed by atoms with Crippen LogP contribution in [-0.4, -0.2) is 82.0 Å². The number of aromatic nitrogens is 4. The summed E-state index contributed by atoms with van der Waals surface area (Å²) in [5, 5.41) is 13.0. The summed E-state index contributed by atoms with van der Waals surface area (Å²) in [7, 11) is 2.21. The van der Waals surface area contributed by atoms with E-state index in [4.69, 9.17) is 0 Å². The topological polar surface area (TPSA) is 52.8 Å². The Balaban J connectivity index is 1.56. The molecule has 7 nitrogen and oxygen atoms in total. The summed E-state index contributed by atoms with van der Waals surface area (Å²) in [4.78, 5) is 7.55. The van der Waals surface area contributed by atoms with Gasteiger partial charge >= 0.3 is 0 Å². The molecule has 0 N–H and O–H groups in total. The molecule has 2 aromatic rings. The normalized spacial score (nSPS) is 23.7. The van der Waals surface area contributed by atoms with Gasteiger partial charge in [-0.15, -0.1) is 10.2 Å². The highest BCUT2D eigenvalue weighted by molar-refractivity contribution is 5.69. The van der Waals surface area contributed by atoms with E-state index < -0.39 is 0 Å². The van der Waals surface area contributed by atoms with Crippen molar-refractivity contribution in [2.24, 2.45) is 0 Å². The molecule has 4 heterocycles. The third kappa shape index (κ3) is 2.86. The lowest BCUT2D eigenvalue weighted by Crippen LogP contribution is -2.49. The zero-order chi connectivity index (χ0) is 16.7. The average Bonchev–Trinajstić information content (AvgIpc) is 3.23. The summed E-state index contributed by atoms with van der Waals surface area (Å²) in [6, 6.07) is 2.86. The number of piperazine rings is 1. The molecule has 24 heavy (non-hydrogen) atoms. The molecule has 130 valence electrons. The summed E-state index contributed by atoms with van der Waals surface area (Å²) < 4.78 is 1.83. The highest BCUT2D eigenvalue weighted by Crippen LogP contribution is 2.28. The van der Waals surface area contributed by atoms with Crippen LogP contribution in [0.1, 0.15) is 31.9 Å². The second kappa shape index (κ2) is 6.29. The quantitative estimate of drug-likeness (QED) is 0.840. The Hall–Kier alpha value is -1.73. The Bertz CT molecular complexity index is 702. The van der Waals surface area contributed by atoms with Crippen molar-refractivity contribution in [2.45, 2.75) is 32.2 Å². The van der Waals surface area contributed by atoms with E-state index in [0.29, 0.717) is 12.0 Å². The summed E-state index contributed by atoms with van der Waals surface area (Å²) in [5.74, 6) is 0.395. The Kier molecular flexibility index (Phi) is 4.14. The summed E-state index contributed by atoms with van der Waals surface area (Å²) in [6.45, 7) is 11.2. The zero-order valence-corrected chi connectivity index (χ0v) is 14.9. The van der Waals surface area contributed by atoms with E-state index in [1.807, 2.05) is 4.52 Å². The van der Waals surface area contributed by atoms with Gasteiger partial charge in [0.25, 0.3) is 0 Å². The molecule has 0 aliphatic carbocycles. The first-order valence-corrected chi connectivity index (χ1v) is 9.00. The first-order chi connectivity index (χ1) is 11.6. The zero-order valence-electron chi connectivity index (χ0n) is 14.9. The molecule has 1 atom stereocenters. The molecule has 2 fully saturated rings. The van der Waals surface area contributed by atoms with E-state index in [1.54, 1.807) is 6.33 Å². The molecule has 0 radical (unpaired) electrons.